The smallest absolute Gasteiger partial charge is 0.295 e. The van der Waals surface area contributed by atoms with Crippen LogP contribution in [0.2, 0.25) is 0 Å². The Morgan fingerprint density at radius 2 is 2.28 bits per heavy atom. The normalized spacial score (nSPS) is 11.9. The fraction of sp³-hybridized carbons (Fsp3) is 0.364. The quantitative estimate of drug-likeness (QED) is 0.619. The molecule has 1 aromatic carbocycles. The van der Waals surface area contributed by atoms with E-state index in [1.165, 1.54) is 0 Å². The number of hydrogen-bond acceptors (Lipinski definition) is 4. The molecule has 7 heteroatoms. The van der Waals surface area contributed by atoms with Crippen LogP contribution in [0, 0.1) is 15.9 Å². The van der Waals surface area contributed by atoms with Gasteiger partial charge >= 0.3 is 0 Å². The molecule has 1 rings (SSSR count). The minimum Gasteiger partial charge on any atom is -0.327 e. The Balaban J connectivity index is 2.84. The van der Waals surface area contributed by atoms with E-state index in [1.807, 2.05) is 6.92 Å². The zero-order valence-corrected chi connectivity index (χ0v) is 9.85. The molecule has 0 aliphatic carbocycles. The number of carbonyl (C=O) groups is 1. The number of nitro benzene ring substituents is 1. The van der Waals surface area contributed by atoms with Crippen molar-refractivity contribution in [1.29, 1.82) is 0 Å². The van der Waals surface area contributed by atoms with E-state index in [2.05, 4.69) is 5.32 Å². The van der Waals surface area contributed by atoms with E-state index in [0.717, 1.165) is 18.2 Å². The largest absolute Gasteiger partial charge is 0.327 e. The molecule has 0 saturated heterocycles. The van der Waals surface area contributed by atoms with Gasteiger partial charge in [0.2, 0.25) is 5.91 Å². The maximum absolute atomic E-state index is 12.9. The second-order valence-electron chi connectivity index (χ2n) is 3.84. The maximum Gasteiger partial charge on any atom is 0.295 e. The summed E-state index contributed by atoms with van der Waals surface area (Å²) in [6.07, 6.45) is 0.684. The van der Waals surface area contributed by atoms with Gasteiger partial charge in [-0.1, -0.05) is 6.92 Å². The van der Waals surface area contributed by atoms with Crippen LogP contribution >= 0.6 is 0 Å². The van der Waals surface area contributed by atoms with Crippen LogP contribution in [0.15, 0.2) is 18.2 Å². The lowest BCUT2D eigenvalue weighted by Crippen LogP contribution is -2.26. The second-order valence-corrected chi connectivity index (χ2v) is 3.84. The molecule has 3 N–H and O–H groups in total. The van der Waals surface area contributed by atoms with Crippen LogP contribution in [0.5, 0.6) is 0 Å². The number of nitrogens with two attached hydrogens (primary N) is 1. The Kier molecular flexibility index (Phi) is 4.73. The van der Waals surface area contributed by atoms with Crippen LogP contribution in [-0.4, -0.2) is 16.9 Å². The van der Waals surface area contributed by atoms with E-state index >= 15 is 0 Å². The molecule has 18 heavy (non-hydrogen) atoms. The highest BCUT2D eigenvalue weighted by Gasteiger charge is 2.17. The highest BCUT2D eigenvalue weighted by atomic mass is 19.1. The topological polar surface area (TPSA) is 98.3 Å². The van der Waals surface area contributed by atoms with Gasteiger partial charge in [-0.15, -0.1) is 0 Å². The zero-order valence-electron chi connectivity index (χ0n) is 9.85. The molecular formula is C11H14FN3O3. The first-order valence-corrected chi connectivity index (χ1v) is 5.43. The van der Waals surface area contributed by atoms with Crippen LogP contribution in [-0.2, 0) is 4.79 Å². The number of nitrogens with zero attached hydrogens (tertiary/aromatic N) is 1. The SMILES string of the molecule is CCC(N)CC(=O)Nc1ccc(F)cc1[N+](=O)[O-]. The fourth-order valence-corrected chi connectivity index (χ4v) is 1.35. The summed E-state index contributed by atoms with van der Waals surface area (Å²) >= 11 is 0. The summed E-state index contributed by atoms with van der Waals surface area (Å²) in [5.74, 6) is -1.16. The van der Waals surface area contributed by atoms with Gasteiger partial charge in [0, 0.05) is 12.5 Å². The molecule has 98 valence electrons. The monoisotopic (exact) mass is 255 g/mol. The number of benzene rings is 1. The number of anilines is 1. The highest BCUT2D eigenvalue weighted by Crippen LogP contribution is 2.25. The zero-order chi connectivity index (χ0) is 13.7. The Morgan fingerprint density at radius 1 is 1.61 bits per heavy atom. The average molecular weight is 255 g/mol. The fourth-order valence-electron chi connectivity index (χ4n) is 1.35. The van der Waals surface area contributed by atoms with Gasteiger partial charge in [-0.05, 0) is 18.6 Å². The number of hydrogen-bond donors (Lipinski definition) is 2. The Labute approximate surface area is 103 Å². The minimum atomic E-state index is -0.752. The number of rotatable bonds is 5. The number of nitrogens with one attached hydrogen (secondary N) is 1. The van der Waals surface area contributed by atoms with Crippen LogP contribution in [0.1, 0.15) is 19.8 Å². The van der Waals surface area contributed by atoms with Crippen molar-refractivity contribution >= 4 is 17.3 Å². The summed E-state index contributed by atoms with van der Waals surface area (Å²) in [6.45, 7) is 1.83. The van der Waals surface area contributed by atoms with Gasteiger partial charge < -0.3 is 11.1 Å². The Morgan fingerprint density at radius 3 is 2.83 bits per heavy atom. The third-order valence-corrected chi connectivity index (χ3v) is 2.40. The maximum atomic E-state index is 12.9. The first kappa shape index (κ1) is 14.0. The van der Waals surface area contributed by atoms with E-state index < -0.39 is 22.3 Å². The molecule has 0 spiro atoms. The Bertz CT molecular complexity index is 465. The third-order valence-electron chi connectivity index (χ3n) is 2.40. The Hall–Kier alpha value is -2.02. The summed E-state index contributed by atoms with van der Waals surface area (Å²) in [6, 6.07) is 2.66. The van der Waals surface area contributed by atoms with E-state index in [9.17, 15) is 19.3 Å². The number of halogens is 1. The minimum absolute atomic E-state index is 0.0327. The summed E-state index contributed by atoms with van der Waals surface area (Å²) in [5.41, 5.74) is 5.08. The molecule has 0 radical (unpaired) electrons. The lowest BCUT2D eigenvalue weighted by Gasteiger charge is -2.09. The summed E-state index contributed by atoms with van der Waals surface area (Å²) in [7, 11) is 0. The van der Waals surface area contributed by atoms with Crippen LogP contribution < -0.4 is 11.1 Å². The molecule has 1 aromatic rings. The summed E-state index contributed by atoms with van der Waals surface area (Å²) < 4.78 is 12.9. The van der Waals surface area contributed by atoms with Crippen molar-refractivity contribution in [3.8, 4) is 0 Å². The van der Waals surface area contributed by atoms with Crippen LogP contribution in [0.25, 0.3) is 0 Å². The van der Waals surface area contributed by atoms with Gasteiger partial charge in [0.05, 0.1) is 11.0 Å². The van der Waals surface area contributed by atoms with E-state index in [0.29, 0.717) is 6.42 Å². The van der Waals surface area contributed by atoms with Crippen molar-refractivity contribution in [2.75, 3.05) is 5.32 Å². The van der Waals surface area contributed by atoms with Crippen molar-refractivity contribution in [2.45, 2.75) is 25.8 Å². The molecule has 0 heterocycles. The van der Waals surface area contributed by atoms with Crippen molar-refractivity contribution in [1.82, 2.24) is 0 Å². The van der Waals surface area contributed by atoms with Gasteiger partial charge in [-0.25, -0.2) is 4.39 Å². The van der Waals surface area contributed by atoms with E-state index in [-0.39, 0.29) is 18.2 Å². The number of amides is 1. The highest BCUT2D eigenvalue weighted by molar-refractivity contribution is 5.93. The summed E-state index contributed by atoms with van der Waals surface area (Å²) in [5, 5.41) is 13.1. The molecule has 0 aliphatic rings. The predicted molar refractivity (Wildman–Crippen MR) is 64.6 cm³/mol. The molecular weight excluding hydrogens is 241 g/mol. The standard InChI is InChI=1S/C11H14FN3O3/c1-2-8(13)6-11(16)14-9-4-3-7(12)5-10(9)15(17)18/h3-5,8H,2,6,13H2,1H3,(H,14,16). The molecule has 1 amide bonds. The van der Waals surface area contributed by atoms with Gasteiger partial charge in [0.25, 0.3) is 5.69 Å². The first-order chi connectivity index (χ1) is 8.43. The molecule has 0 saturated carbocycles. The summed E-state index contributed by atoms with van der Waals surface area (Å²) in [4.78, 5) is 21.5. The van der Waals surface area contributed by atoms with Crippen molar-refractivity contribution in [3.05, 3.63) is 34.1 Å². The van der Waals surface area contributed by atoms with Crippen molar-refractivity contribution < 1.29 is 14.1 Å². The molecule has 0 aliphatic heterocycles. The van der Waals surface area contributed by atoms with Crippen LogP contribution in [0.4, 0.5) is 15.8 Å². The van der Waals surface area contributed by atoms with Gasteiger partial charge in [0.15, 0.2) is 0 Å². The van der Waals surface area contributed by atoms with Gasteiger partial charge in [-0.2, -0.15) is 0 Å². The molecule has 0 fully saturated rings. The van der Waals surface area contributed by atoms with Gasteiger partial charge in [0.1, 0.15) is 11.5 Å². The molecule has 0 bridgehead atoms. The first-order valence-electron chi connectivity index (χ1n) is 5.43. The van der Waals surface area contributed by atoms with E-state index in [4.69, 9.17) is 5.73 Å². The predicted octanol–water partition coefficient (Wildman–Crippen LogP) is 1.80. The average Bonchev–Trinajstić information content (AvgIpc) is 2.30. The molecule has 1 unspecified atom stereocenters. The number of carbonyl (C=O) groups excluding carboxylic acids is 1. The number of nitro groups is 1. The van der Waals surface area contributed by atoms with Crippen molar-refractivity contribution in [2.24, 2.45) is 5.73 Å². The van der Waals surface area contributed by atoms with Crippen LogP contribution in [0.3, 0.4) is 0 Å². The molecule has 6 nitrogen and oxygen atoms in total. The van der Waals surface area contributed by atoms with Gasteiger partial charge in [-0.3, -0.25) is 14.9 Å². The molecule has 1 atom stereocenters. The van der Waals surface area contributed by atoms with E-state index in [1.54, 1.807) is 0 Å². The third kappa shape index (κ3) is 3.77. The molecule has 0 aromatic heterocycles. The second kappa shape index (κ2) is 6.06. The lowest BCUT2D eigenvalue weighted by atomic mass is 10.1. The lowest BCUT2D eigenvalue weighted by molar-refractivity contribution is -0.384. The van der Waals surface area contributed by atoms with Crippen molar-refractivity contribution in [3.63, 3.8) is 0 Å².